The van der Waals surface area contributed by atoms with Gasteiger partial charge in [-0.3, -0.25) is 5.84 Å². The highest BCUT2D eigenvalue weighted by atomic mass is 19.3. The van der Waals surface area contributed by atoms with Crippen LogP contribution >= 0.6 is 0 Å². The van der Waals surface area contributed by atoms with Crippen molar-refractivity contribution in [1.82, 2.24) is 5.43 Å². The van der Waals surface area contributed by atoms with Gasteiger partial charge in [0.2, 0.25) is 5.92 Å². The van der Waals surface area contributed by atoms with E-state index in [2.05, 4.69) is 5.43 Å². The lowest BCUT2D eigenvalue weighted by molar-refractivity contribution is -0.0505. The number of benzene rings is 1. The number of hydrogen-bond acceptors (Lipinski definition) is 3. The maximum absolute atomic E-state index is 13.3. The van der Waals surface area contributed by atoms with E-state index in [0.717, 1.165) is 22.3 Å². The van der Waals surface area contributed by atoms with Gasteiger partial charge in [0.05, 0.1) is 6.04 Å². The summed E-state index contributed by atoms with van der Waals surface area (Å²) in [4.78, 5) is 0. The molecule has 21 heavy (non-hydrogen) atoms. The molecule has 1 saturated carbocycles. The predicted octanol–water partition coefficient (Wildman–Crippen LogP) is 4.07. The molecule has 0 amide bonds. The Morgan fingerprint density at radius 2 is 2.00 bits per heavy atom. The zero-order valence-electron chi connectivity index (χ0n) is 12.0. The number of nitrogens with one attached hydrogen (secondary N) is 1. The summed E-state index contributed by atoms with van der Waals surface area (Å²) in [6.07, 6.45) is 0.764. The first-order valence-electron chi connectivity index (χ1n) is 7.32. The van der Waals surface area contributed by atoms with Crippen LogP contribution in [0.25, 0.3) is 11.0 Å². The average molecular weight is 294 g/mol. The zero-order valence-corrected chi connectivity index (χ0v) is 12.0. The summed E-state index contributed by atoms with van der Waals surface area (Å²) in [6.45, 7) is 2.02. The zero-order chi connectivity index (χ0) is 15.0. The van der Waals surface area contributed by atoms with Crippen LogP contribution in [0.5, 0.6) is 0 Å². The lowest BCUT2D eigenvalue weighted by Gasteiger charge is -2.32. The predicted molar refractivity (Wildman–Crippen MR) is 77.9 cm³/mol. The van der Waals surface area contributed by atoms with Gasteiger partial charge in [0.25, 0.3) is 0 Å². The van der Waals surface area contributed by atoms with E-state index >= 15 is 0 Å². The molecule has 5 heteroatoms. The molecule has 2 aromatic rings. The molecule has 1 aliphatic carbocycles. The van der Waals surface area contributed by atoms with Gasteiger partial charge in [0.1, 0.15) is 11.3 Å². The van der Waals surface area contributed by atoms with Crippen molar-refractivity contribution in [3.8, 4) is 0 Å². The Kier molecular flexibility index (Phi) is 3.71. The van der Waals surface area contributed by atoms with Crippen LogP contribution in [0, 0.1) is 12.8 Å². The van der Waals surface area contributed by atoms with Crippen molar-refractivity contribution in [3.05, 3.63) is 35.6 Å². The van der Waals surface area contributed by atoms with Crippen LogP contribution in [0.4, 0.5) is 8.78 Å². The molecule has 1 aliphatic rings. The molecular weight excluding hydrogens is 274 g/mol. The third-order valence-electron chi connectivity index (χ3n) is 4.41. The molecule has 1 aromatic carbocycles. The lowest BCUT2D eigenvalue weighted by Crippen LogP contribution is -2.37. The summed E-state index contributed by atoms with van der Waals surface area (Å²) in [7, 11) is 0. The second kappa shape index (κ2) is 5.39. The fourth-order valence-electron chi connectivity index (χ4n) is 3.18. The van der Waals surface area contributed by atoms with Gasteiger partial charge in [0, 0.05) is 18.2 Å². The molecule has 0 spiro atoms. The van der Waals surface area contributed by atoms with Gasteiger partial charge >= 0.3 is 0 Å². The van der Waals surface area contributed by atoms with Gasteiger partial charge in [-0.15, -0.1) is 0 Å². The Labute approximate surface area is 122 Å². The highest BCUT2D eigenvalue weighted by Gasteiger charge is 2.38. The number of hydrogen-bond donors (Lipinski definition) is 2. The van der Waals surface area contributed by atoms with Gasteiger partial charge in [-0.25, -0.2) is 14.2 Å². The standard InChI is InChI=1S/C16H20F2N2O/c1-10-2-3-13-12(8-10)9-14(21-13)15(20-19)11-4-6-16(17,18)7-5-11/h2-3,8-9,11,15,20H,4-7,19H2,1H3. The van der Waals surface area contributed by atoms with Gasteiger partial charge < -0.3 is 4.42 Å². The van der Waals surface area contributed by atoms with Crippen molar-refractivity contribution in [2.24, 2.45) is 11.8 Å². The minimum absolute atomic E-state index is 0.0742. The minimum Gasteiger partial charge on any atom is -0.459 e. The summed E-state index contributed by atoms with van der Waals surface area (Å²) in [5.74, 6) is 3.94. The van der Waals surface area contributed by atoms with Crippen LogP contribution in [0.15, 0.2) is 28.7 Å². The van der Waals surface area contributed by atoms with Crippen LogP contribution in [0.2, 0.25) is 0 Å². The van der Waals surface area contributed by atoms with Gasteiger partial charge in [-0.1, -0.05) is 11.6 Å². The Morgan fingerprint density at radius 3 is 2.67 bits per heavy atom. The molecule has 3 N–H and O–H groups in total. The number of alkyl halides is 2. The van der Waals surface area contributed by atoms with E-state index in [0.29, 0.717) is 12.8 Å². The Balaban J connectivity index is 1.84. The fourth-order valence-corrected chi connectivity index (χ4v) is 3.18. The van der Waals surface area contributed by atoms with E-state index in [-0.39, 0.29) is 24.8 Å². The average Bonchev–Trinajstić information content (AvgIpc) is 2.84. The fraction of sp³-hybridized carbons (Fsp3) is 0.500. The molecule has 0 saturated heterocycles. The molecule has 114 valence electrons. The number of aryl methyl sites for hydroxylation is 1. The van der Waals surface area contributed by atoms with Crippen molar-refractivity contribution in [2.45, 2.75) is 44.6 Å². The molecule has 1 fully saturated rings. The van der Waals surface area contributed by atoms with Crippen molar-refractivity contribution in [1.29, 1.82) is 0 Å². The van der Waals surface area contributed by atoms with Crippen molar-refractivity contribution >= 4 is 11.0 Å². The first-order valence-corrected chi connectivity index (χ1v) is 7.32. The molecule has 1 unspecified atom stereocenters. The van der Waals surface area contributed by atoms with Crippen molar-refractivity contribution in [2.75, 3.05) is 0 Å². The first-order chi connectivity index (χ1) is 9.98. The molecule has 0 radical (unpaired) electrons. The first kappa shape index (κ1) is 14.5. The minimum atomic E-state index is -2.53. The third kappa shape index (κ3) is 2.94. The summed E-state index contributed by atoms with van der Waals surface area (Å²) in [5, 5.41) is 1.02. The van der Waals surface area contributed by atoms with Gasteiger partial charge in [-0.05, 0) is 43.9 Å². The Bertz CT molecular complexity index is 628. The monoisotopic (exact) mass is 294 g/mol. The quantitative estimate of drug-likeness (QED) is 0.662. The second-order valence-corrected chi connectivity index (χ2v) is 6.03. The highest BCUT2D eigenvalue weighted by molar-refractivity contribution is 5.78. The normalized spacial score (nSPS) is 20.8. The van der Waals surface area contributed by atoms with Gasteiger partial charge in [0.15, 0.2) is 0 Å². The van der Waals surface area contributed by atoms with Crippen LogP contribution in [-0.2, 0) is 0 Å². The number of fused-ring (bicyclic) bond motifs is 1. The van der Waals surface area contributed by atoms with Crippen LogP contribution in [-0.4, -0.2) is 5.92 Å². The van der Waals surface area contributed by atoms with Crippen molar-refractivity contribution in [3.63, 3.8) is 0 Å². The Morgan fingerprint density at radius 1 is 1.29 bits per heavy atom. The van der Waals surface area contributed by atoms with E-state index in [1.807, 2.05) is 31.2 Å². The number of rotatable bonds is 3. The Hall–Kier alpha value is -1.46. The molecule has 1 atom stereocenters. The van der Waals surface area contributed by atoms with Gasteiger partial charge in [-0.2, -0.15) is 0 Å². The summed E-state index contributed by atoms with van der Waals surface area (Å²) >= 11 is 0. The number of furan rings is 1. The molecule has 0 aliphatic heterocycles. The third-order valence-corrected chi connectivity index (χ3v) is 4.41. The lowest BCUT2D eigenvalue weighted by atomic mass is 9.81. The summed E-state index contributed by atoms with van der Waals surface area (Å²) in [6, 6.07) is 7.71. The largest absolute Gasteiger partial charge is 0.459 e. The maximum atomic E-state index is 13.3. The van der Waals surface area contributed by atoms with E-state index in [1.165, 1.54) is 0 Å². The summed E-state index contributed by atoms with van der Waals surface area (Å²) in [5.41, 5.74) is 4.71. The van der Waals surface area contributed by atoms with Crippen LogP contribution < -0.4 is 11.3 Å². The maximum Gasteiger partial charge on any atom is 0.248 e. The van der Waals surface area contributed by atoms with Crippen LogP contribution in [0.3, 0.4) is 0 Å². The van der Waals surface area contributed by atoms with E-state index in [4.69, 9.17) is 10.3 Å². The van der Waals surface area contributed by atoms with E-state index < -0.39 is 5.92 Å². The molecule has 3 nitrogen and oxygen atoms in total. The second-order valence-electron chi connectivity index (χ2n) is 6.03. The van der Waals surface area contributed by atoms with E-state index in [1.54, 1.807) is 0 Å². The summed E-state index contributed by atoms with van der Waals surface area (Å²) < 4.78 is 32.4. The molecule has 1 heterocycles. The SMILES string of the molecule is Cc1ccc2oc(C(NN)C3CCC(F)(F)CC3)cc2c1. The topological polar surface area (TPSA) is 51.2 Å². The highest BCUT2D eigenvalue weighted by Crippen LogP contribution is 2.42. The number of hydrazine groups is 1. The number of halogens is 2. The molecular formula is C16H20F2N2O. The van der Waals surface area contributed by atoms with E-state index in [9.17, 15) is 8.78 Å². The van der Waals surface area contributed by atoms with Crippen LogP contribution in [0.1, 0.15) is 43.0 Å². The van der Waals surface area contributed by atoms with Crippen molar-refractivity contribution < 1.29 is 13.2 Å². The molecule has 3 rings (SSSR count). The number of nitrogens with two attached hydrogens (primary N) is 1. The smallest absolute Gasteiger partial charge is 0.248 e. The molecule has 0 bridgehead atoms. The molecule has 1 aromatic heterocycles.